The fourth-order valence-corrected chi connectivity index (χ4v) is 5.26. The van der Waals surface area contributed by atoms with Crippen LogP contribution >= 0.6 is 0 Å². The molecular formula is C19H26N2O2. The van der Waals surface area contributed by atoms with Crippen LogP contribution in [0, 0.1) is 24.7 Å². The number of aromatic nitrogens is 1. The van der Waals surface area contributed by atoms with Gasteiger partial charge in [0, 0.05) is 18.3 Å². The van der Waals surface area contributed by atoms with Crippen LogP contribution in [-0.4, -0.2) is 28.4 Å². The molecule has 4 atom stereocenters. The van der Waals surface area contributed by atoms with Crippen molar-refractivity contribution in [2.75, 3.05) is 6.54 Å². The summed E-state index contributed by atoms with van der Waals surface area (Å²) in [5.74, 6) is 2.59. The van der Waals surface area contributed by atoms with E-state index in [1.807, 2.05) is 17.9 Å². The minimum Gasteiger partial charge on any atom is -0.335 e. The van der Waals surface area contributed by atoms with E-state index in [1.54, 1.807) is 6.07 Å². The quantitative estimate of drug-likeness (QED) is 0.932. The number of amides is 1. The molecule has 2 heterocycles. The molecule has 124 valence electrons. The number of aromatic amines is 1. The van der Waals surface area contributed by atoms with Crippen LogP contribution in [0.4, 0.5) is 0 Å². The molecule has 4 heteroatoms. The zero-order chi connectivity index (χ0) is 16.0. The van der Waals surface area contributed by atoms with Crippen LogP contribution in [-0.2, 0) is 0 Å². The van der Waals surface area contributed by atoms with E-state index < -0.39 is 0 Å². The zero-order valence-electron chi connectivity index (χ0n) is 13.9. The first kappa shape index (κ1) is 15.0. The molecule has 0 aromatic carbocycles. The number of likely N-dealkylation sites (tertiary alicyclic amines) is 1. The van der Waals surface area contributed by atoms with Gasteiger partial charge in [0.1, 0.15) is 5.56 Å². The number of aryl methyl sites for hydroxylation is 1. The van der Waals surface area contributed by atoms with Crippen LogP contribution in [0.2, 0.25) is 0 Å². The maximum atomic E-state index is 12.8. The molecule has 4 nitrogen and oxygen atoms in total. The second-order valence-electron chi connectivity index (χ2n) is 7.85. The Kier molecular flexibility index (Phi) is 3.78. The molecule has 2 saturated carbocycles. The largest absolute Gasteiger partial charge is 0.335 e. The maximum Gasteiger partial charge on any atom is 0.260 e. The highest BCUT2D eigenvalue weighted by Gasteiger charge is 2.42. The molecule has 0 spiro atoms. The number of hydrogen-bond acceptors (Lipinski definition) is 2. The summed E-state index contributed by atoms with van der Waals surface area (Å²) in [6.45, 7) is 2.64. The fraction of sp³-hybridized carbons (Fsp3) is 0.684. The van der Waals surface area contributed by atoms with Crippen LogP contribution in [0.3, 0.4) is 0 Å². The van der Waals surface area contributed by atoms with Crippen LogP contribution in [0.1, 0.15) is 61.0 Å². The third-order valence-corrected chi connectivity index (χ3v) is 6.38. The third-order valence-electron chi connectivity index (χ3n) is 6.38. The molecule has 2 bridgehead atoms. The van der Waals surface area contributed by atoms with E-state index >= 15 is 0 Å². The lowest BCUT2D eigenvalue weighted by Gasteiger charge is -2.30. The van der Waals surface area contributed by atoms with Crippen molar-refractivity contribution < 1.29 is 4.79 Å². The minimum absolute atomic E-state index is 0.0723. The summed E-state index contributed by atoms with van der Waals surface area (Å²) in [6, 6.07) is 3.84. The first-order chi connectivity index (χ1) is 11.1. The van der Waals surface area contributed by atoms with Gasteiger partial charge in [0.25, 0.3) is 11.5 Å². The van der Waals surface area contributed by atoms with Gasteiger partial charge < -0.3 is 9.88 Å². The molecule has 1 aromatic rings. The number of pyridine rings is 1. The van der Waals surface area contributed by atoms with E-state index in [4.69, 9.17) is 0 Å². The average Bonchev–Trinajstić information content (AvgIpc) is 3.23. The molecule has 1 saturated heterocycles. The van der Waals surface area contributed by atoms with E-state index in [2.05, 4.69) is 4.98 Å². The number of hydrogen-bond donors (Lipinski definition) is 1. The van der Waals surface area contributed by atoms with Gasteiger partial charge in [-0.05, 0) is 75.3 Å². The van der Waals surface area contributed by atoms with E-state index in [0.29, 0.717) is 11.6 Å². The molecule has 3 aliphatic rings. The topological polar surface area (TPSA) is 53.2 Å². The third kappa shape index (κ3) is 2.73. The molecule has 1 aliphatic heterocycles. The predicted octanol–water partition coefficient (Wildman–Crippen LogP) is 3.11. The Balaban J connectivity index is 1.49. The van der Waals surface area contributed by atoms with Crippen LogP contribution < -0.4 is 5.56 Å². The van der Waals surface area contributed by atoms with Crippen molar-refractivity contribution >= 4 is 5.91 Å². The van der Waals surface area contributed by atoms with Crippen LogP contribution in [0.25, 0.3) is 0 Å². The molecule has 3 fully saturated rings. The van der Waals surface area contributed by atoms with Crippen molar-refractivity contribution in [3.63, 3.8) is 0 Å². The molecule has 1 aromatic heterocycles. The molecular weight excluding hydrogens is 288 g/mol. The van der Waals surface area contributed by atoms with Gasteiger partial charge in [-0.1, -0.05) is 6.42 Å². The number of nitrogens with zero attached hydrogens (tertiary/aromatic N) is 1. The van der Waals surface area contributed by atoms with Crippen molar-refractivity contribution in [1.29, 1.82) is 0 Å². The molecule has 2 aliphatic carbocycles. The van der Waals surface area contributed by atoms with Crippen molar-refractivity contribution in [1.82, 2.24) is 9.88 Å². The summed E-state index contributed by atoms with van der Waals surface area (Å²) in [7, 11) is 0. The van der Waals surface area contributed by atoms with Gasteiger partial charge in [0.05, 0.1) is 0 Å². The Hall–Kier alpha value is -1.58. The molecule has 1 amide bonds. The highest BCUT2D eigenvalue weighted by molar-refractivity contribution is 5.94. The van der Waals surface area contributed by atoms with Gasteiger partial charge in [0.2, 0.25) is 0 Å². The highest BCUT2D eigenvalue weighted by atomic mass is 16.2. The van der Waals surface area contributed by atoms with E-state index in [0.717, 1.165) is 49.3 Å². The lowest BCUT2D eigenvalue weighted by Crippen LogP contribution is -2.39. The van der Waals surface area contributed by atoms with Crippen molar-refractivity contribution in [3.05, 3.63) is 33.7 Å². The Bertz CT molecular complexity index is 666. The molecule has 4 rings (SSSR count). The van der Waals surface area contributed by atoms with Crippen LogP contribution in [0.5, 0.6) is 0 Å². The van der Waals surface area contributed by atoms with E-state index in [-0.39, 0.29) is 11.5 Å². The Labute approximate surface area is 137 Å². The second-order valence-corrected chi connectivity index (χ2v) is 7.85. The average molecular weight is 314 g/mol. The molecule has 1 N–H and O–H groups in total. The summed E-state index contributed by atoms with van der Waals surface area (Å²) in [4.78, 5) is 29.6. The van der Waals surface area contributed by atoms with Crippen molar-refractivity contribution in [2.24, 2.45) is 17.8 Å². The predicted molar refractivity (Wildman–Crippen MR) is 89.4 cm³/mol. The number of rotatable bonds is 3. The monoisotopic (exact) mass is 314 g/mol. The number of carbonyl (C=O) groups is 1. The summed E-state index contributed by atoms with van der Waals surface area (Å²) < 4.78 is 0. The van der Waals surface area contributed by atoms with Gasteiger partial charge >= 0.3 is 0 Å². The maximum absolute atomic E-state index is 12.8. The van der Waals surface area contributed by atoms with Crippen LogP contribution in [0.15, 0.2) is 16.9 Å². The van der Waals surface area contributed by atoms with Gasteiger partial charge in [-0.2, -0.15) is 0 Å². The summed E-state index contributed by atoms with van der Waals surface area (Å²) in [5, 5.41) is 0. The fourth-order valence-electron chi connectivity index (χ4n) is 5.26. The minimum atomic E-state index is -0.249. The standard InChI is InChI=1S/C19H26N2O2/c1-12-4-7-17(18(22)20-12)19(23)21-8-2-3-16(21)11-15-10-13-5-6-14(15)9-13/h4,7,13-16H,2-3,5-6,8-11H2,1H3,(H,20,22)/t13-,14-,15-,16+/m0/s1. The lowest BCUT2D eigenvalue weighted by atomic mass is 9.83. The van der Waals surface area contributed by atoms with Crippen molar-refractivity contribution in [3.8, 4) is 0 Å². The molecule has 0 radical (unpaired) electrons. The summed E-state index contributed by atoms with van der Waals surface area (Å²) >= 11 is 0. The number of nitrogens with one attached hydrogen (secondary N) is 1. The van der Waals surface area contributed by atoms with Crippen molar-refractivity contribution in [2.45, 2.75) is 57.9 Å². The van der Waals surface area contributed by atoms with Gasteiger partial charge in [-0.15, -0.1) is 0 Å². The Morgan fingerprint density at radius 3 is 2.83 bits per heavy atom. The SMILES string of the molecule is Cc1ccc(C(=O)N2CCC[C@@H]2C[C@@H]2C[C@H]3CC[C@H]2C3)c(=O)[nH]1. The number of carbonyl (C=O) groups excluding carboxylic acids is 1. The normalized spacial score (nSPS) is 32.7. The molecule has 23 heavy (non-hydrogen) atoms. The second kappa shape index (κ2) is 5.81. The first-order valence-electron chi connectivity index (χ1n) is 9.12. The Morgan fingerprint density at radius 2 is 2.13 bits per heavy atom. The van der Waals surface area contributed by atoms with E-state index in [1.165, 1.54) is 25.7 Å². The summed E-state index contributed by atoms with van der Waals surface area (Å²) in [6.07, 6.45) is 8.93. The number of H-pyrrole nitrogens is 1. The first-order valence-corrected chi connectivity index (χ1v) is 9.12. The smallest absolute Gasteiger partial charge is 0.260 e. The zero-order valence-corrected chi connectivity index (χ0v) is 13.9. The van der Waals surface area contributed by atoms with Gasteiger partial charge in [-0.25, -0.2) is 0 Å². The summed E-state index contributed by atoms with van der Waals surface area (Å²) in [5.41, 5.74) is 0.850. The Morgan fingerprint density at radius 1 is 1.26 bits per heavy atom. The lowest BCUT2D eigenvalue weighted by molar-refractivity contribution is 0.0706. The van der Waals surface area contributed by atoms with Gasteiger partial charge in [-0.3, -0.25) is 9.59 Å². The highest BCUT2D eigenvalue weighted by Crippen LogP contribution is 2.50. The number of fused-ring (bicyclic) bond motifs is 2. The van der Waals surface area contributed by atoms with Gasteiger partial charge in [0.15, 0.2) is 0 Å². The molecule has 0 unspecified atom stereocenters. The van der Waals surface area contributed by atoms with E-state index in [9.17, 15) is 9.59 Å².